The van der Waals surface area contributed by atoms with E-state index in [1.807, 2.05) is 66.1 Å². The van der Waals surface area contributed by atoms with Gasteiger partial charge in [0.1, 0.15) is 11.4 Å². The number of aliphatic imine (C=N–C) groups is 1. The number of primary amides is 1. The number of nitrogens with one attached hydrogen (secondary N) is 1. The average molecular weight is 773 g/mol. The Morgan fingerprint density at radius 3 is 1.91 bits per heavy atom. The maximum Gasteiger partial charge on any atom is 0.319 e. The van der Waals surface area contributed by atoms with Gasteiger partial charge in [0.05, 0.1) is 40.6 Å². The number of hydrogen-bond donors (Lipinski definition) is 2. The first-order valence-electron chi connectivity index (χ1n) is 18.1. The Hall–Kier alpha value is -7.17. The maximum atomic E-state index is 15.6. The van der Waals surface area contributed by atoms with Crippen molar-refractivity contribution in [2.24, 2.45) is 10.7 Å². The lowest BCUT2D eigenvalue weighted by atomic mass is 9.77. The summed E-state index contributed by atoms with van der Waals surface area (Å²) in [7, 11) is 0. The molecule has 2 heterocycles. The highest BCUT2D eigenvalue weighted by Crippen LogP contribution is 2.41. The number of anilines is 1. The summed E-state index contributed by atoms with van der Waals surface area (Å²) >= 11 is 6.40. The minimum absolute atomic E-state index is 0.0104. The number of nitrogens with zero attached hydrogens (tertiary/aromatic N) is 4. The minimum Gasteiger partial charge on any atom is -0.351 e. The number of amides is 4. The molecule has 11 heteroatoms. The highest BCUT2D eigenvalue weighted by Gasteiger charge is 2.39. The number of fused-ring (bicyclic) bond motifs is 1. The van der Waals surface area contributed by atoms with Crippen LogP contribution in [0.5, 0.6) is 0 Å². The molecule has 0 unspecified atom stereocenters. The van der Waals surface area contributed by atoms with E-state index in [0.29, 0.717) is 16.9 Å². The normalized spacial score (nSPS) is 14.0. The molecule has 280 valence electrons. The third-order valence-electron chi connectivity index (χ3n) is 10.0. The first kappa shape index (κ1) is 36.8. The molecule has 9 nitrogen and oxygen atoms in total. The number of para-hydroxylation sites is 1. The van der Waals surface area contributed by atoms with Gasteiger partial charge in [-0.1, -0.05) is 139 Å². The van der Waals surface area contributed by atoms with Crippen LogP contribution < -0.4 is 16.0 Å². The van der Waals surface area contributed by atoms with Crippen molar-refractivity contribution in [2.45, 2.75) is 18.1 Å². The number of urea groups is 1. The molecular formula is C46H34ClFN6O3. The minimum atomic E-state index is -1.27. The van der Waals surface area contributed by atoms with Gasteiger partial charge in [0.2, 0.25) is 0 Å². The Bertz CT molecular complexity index is 2550. The molecule has 1 atom stereocenters. The van der Waals surface area contributed by atoms with E-state index in [0.717, 1.165) is 16.7 Å². The fourth-order valence-electron chi connectivity index (χ4n) is 7.52. The molecule has 0 fully saturated rings. The molecule has 8 rings (SSSR count). The van der Waals surface area contributed by atoms with Gasteiger partial charge in [0, 0.05) is 17.3 Å². The van der Waals surface area contributed by atoms with E-state index in [-0.39, 0.29) is 34.0 Å². The van der Waals surface area contributed by atoms with Crippen LogP contribution in [0.2, 0.25) is 5.02 Å². The number of aromatic nitrogens is 2. The number of imide groups is 1. The van der Waals surface area contributed by atoms with Gasteiger partial charge in [-0.2, -0.15) is 0 Å². The lowest BCUT2D eigenvalue weighted by Gasteiger charge is -2.37. The fraction of sp³-hybridized carbons (Fsp3) is 0.0652. The first-order valence-corrected chi connectivity index (χ1v) is 18.5. The quantitative estimate of drug-likeness (QED) is 0.143. The van der Waals surface area contributed by atoms with E-state index >= 15 is 9.18 Å². The van der Waals surface area contributed by atoms with Crippen molar-refractivity contribution in [1.29, 1.82) is 0 Å². The predicted molar refractivity (Wildman–Crippen MR) is 218 cm³/mol. The molecule has 0 radical (unpaired) electrons. The lowest BCUT2D eigenvalue weighted by Crippen LogP contribution is -2.37. The Kier molecular flexibility index (Phi) is 10.0. The van der Waals surface area contributed by atoms with Gasteiger partial charge in [-0.25, -0.2) is 14.2 Å². The molecule has 0 aliphatic carbocycles. The number of rotatable bonds is 9. The summed E-state index contributed by atoms with van der Waals surface area (Å²) in [5, 5.41) is 2.05. The first-order chi connectivity index (χ1) is 27.8. The van der Waals surface area contributed by atoms with Gasteiger partial charge in [-0.3, -0.25) is 19.9 Å². The molecule has 1 aliphatic heterocycles. The van der Waals surface area contributed by atoms with E-state index in [1.54, 1.807) is 59.8 Å². The lowest BCUT2D eigenvalue weighted by molar-refractivity contribution is -0.120. The van der Waals surface area contributed by atoms with Crippen LogP contribution in [0.4, 0.5) is 14.9 Å². The zero-order valence-electron chi connectivity index (χ0n) is 30.3. The van der Waals surface area contributed by atoms with Crippen molar-refractivity contribution in [3.05, 3.63) is 226 Å². The highest BCUT2D eigenvalue weighted by molar-refractivity contribution is 6.34. The molecule has 0 saturated heterocycles. The van der Waals surface area contributed by atoms with Crippen LogP contribution in [0.1, 0.15) is 55.5 Å². The summed E-state index contributed by atoms with van der Waals surface area (Å²) < 4.78 is 17.7. The molecule has 0 spiro atoms. The number of carbonyl (C=O) groups excluding carboxylic acids is 3. The second-order valence-corrected chi connectivity index (χ2v) is 13.8. The maximum absolute atomic E-state index is 15.6. The molecule has 0 saturated carbocycles. The molecule has 7 aromatic rings. The largest absolute Gasteiger partial charge is 0.351 e. The Morgan fingerprint density at radius 1 is 0.754 bits per heavy atom. The SMILES string of the molecule is NC(=O)NC(=O)c1cc([C@H]2N=C(c3ccccc3F)c3ccccc3N(Cc3cn(C(c4ccccc4)(c4ccccc4)c4ccccc4)cn3)C2=O)ccc1Cl. The summed E-state index contributed by atoms with van der Waals surface area (Å²) in [6.45, 7) is 0.0104. The molecule has 1 aliphatic rings. The predicted octanol–water partition coefficient (Wildman–Crippen LogP) is 8.45. The Balaban J connectivity index is 1.29. The monoisotopic (exact) mass is 772 g/mol. The number of benzene rings is 6. The van der Waals surface area contributed by atoms with Gasteiger partial charge < -0.3 is 15.2 Å². The summed E-state index contributed by atoms with van der Waals surface area (Å²) in [4.78, 5) is 51.1. The number of nitrogens with two attached hydrogens (primary N) is 1. The van der Waals surface area contributed by atoms with Gasteiger partial charge in [-0.15, -0.1) is 0 Å². The van der Waals surface area contributed by atoms with Crippen LogP contribution in [0.3, 0.4) is 0 Å². The third kappa shape index (κ3) is 6.87. The summed E-state index contributed by atoms with van der Waals surface area (Å²) in [5.74, 6) is -1.84. The van der Waals surface area contributed by atoms with Crippen LogP contribution in [0, 0.1) is 5.82 Å². The number of benzodiazepines with no additional fused rings is 1. The molecule has 4 amide bonds. The van der Waals surface area contributed by atoms with Crippen molar-refractivity contribution >= 4 is 40.8 Å². The van der Waals surface area contributed by atoms with Gasteiger partial charge in [0.15, 0.2) is 6.04 Å². The fourth-order valence-corrected chi connectivity index (χ4v) is 7.72. The van der Waals surface area contributed by atoms with Crippen LogP contribution in [0.25, 0.3) is 0 Å². The van der Waals surface area contributed by atoms with Crippen LogP contribution >= 0.6 is 11.6 Å². The van der Waals surface area contributed by atoms with Crippen molar-refractivity contribution in [1.82, 2.24) is 14.9 Å². The van der Waals surface area contributed by atoms with Gasteiger partial charge in [-0.05, 0) is 52.6 Å². The number of imidazole rings is 1. The highest BCUT2D eigenvalue weighted by atomic mass is 35.5. The summed E-state index contributed by atoms with van der Waals surface area (Å²) in [6, 6.07) is 46.0. The second kappa shape index (κ2) is 15.5. The standard InChI is InChI=1S/C46H34ClFN6O3/c47-38-25-24-30(26-37(38)43(55)52-45(49)57)41-44(56)54(40-23-13-11-21-36(40)42(51-41)35-20-10-12-22-39(35)48)28-34-27-53(29-50-34)46(31-14-4-1-5-15-31,32-16-6-2-7-17-32)33-18-8-3-9-19-33/h1-27,29,41H,28H2,(H3,49,52,55,57)/t41-/m1/s1. The molecule has 6 aromatic carbocycles. The third-order valence-corrected chi connectivity index (χ3v) is 10.4. The number of halogens is 2. The molecule has 1 aromatic heterocycles. The second-order valence-electron chi connectivity index (χ2n) is 13.4. The van der Waals surface area contributed by atoms with Crippen molar-refractivity contribution < 1.29 is 18.8 Å². The van der Waals surface area contributed by atoms with Crippen molar-refractivity contribution in [3.63, 3.8) is 0 Å². The summed E-state index contributed by atoms with van der Waals surface area (Å²) in [5.41, 5.74) is 9.60. The number of carbonyl (C=O) groups is 3. The summed E-state index contributed by atoms with van der Waals surface area (Å²) in [6.07, 6.45) is 3.72. The average Bonchev–Trinajstić information content (AvgIpc) is 3.66. The van der Waals surface area contributed by atoms with E-state index in [4.69, 9.17) is 27.3 Å². The van der Waals surface area contributed by atoms with E-state index < -0.39 is 35.2 Å². The molecule has 3 N–H and O–H groups in total. The van der Waals surface area contributed by atoms with E-state index in [2.05, 4.69) is 41.0 Å². The zero-order valence-corrected chi connectivity index (χ0v) is 31.1. The molecule has 0 bridgehead atoms. The van der Waals surface area contributed by atoms with Crippen LogP contribution in [-0.4, -0.2) is 33.1 Å². The zero-order chi connectivity index (χ0) is 39.5. The van der Waals surface area contributed by atoms with E-state index in [9.17, 15) is 9.59 Å². The smallest absolute Gasteiger partial charge is 0.319 e. The van der Waals surface area contributed by atoms with Crippen LogP contribution in [0.15, 0.2) is 175 Å². The molecule has 57 heavy (non-hydrogen) atoms. The van der Waals surface area contributed by atoms with Crippen LogP contribution in [-0.2, 0) is 16.9 Å². The van der Waals surface area contributed by atoms with Gasteiger partial charge >= 0.3 is 6.03 Å². The Labute approximate surface area is 332 Å². The topological polar surface area (TPSA) is 123 Å². The Morgan fingerprint density at radius 2 is 1.32 bits per heavy atom. The van der Waals surface area contributed by atoms with E-state index in [1.165, 1.54) is 18.2 Å². The van der Waals surface area contributed by atoms with Crippen molar-refractivity contribution in [3.8, 4) is 0 Å². The molecular weight excluding hydrogens is 739 g/mol. The van der Waals surface area contributed by atoms with Gasteiger partial charge in [0.25, 0.3) is 11.8 Å². The number of hydrogen-bond acceptors (Lipinski definition) is 5. The van der Waals surface area contributed by atoms with Crippen molar-refractivity contribution in [2.75, 3.05) is 4.90 Å².